The van der Waals surface area contributed by atoms with Crippen LogP contribution in [0.15, 0.2) is 24.3 Å². The molecule has 0 atom stereocenters. The third-order valence-electron chi connectivity index (χ3n) is 2.69. The second-order valence-electron chi connectivity index (χ2n) is 4.88. The fourth-order valence-electron chi connectivity index (χ4n) is 1.73. The van der Waals surface area contributed by atoms with Gasteiger partial charge in [-0.3, -0.25) is 4.79 Å². The molecular weight excluding hydrogens is 272 g/mol. The number of nitrogens with one attached hydrogen (secondary N) is 1. The molecule has 0 fully saturated rings. The minimum absolute atomic E-state index is 0.0239. The molecule has 20 heavy (non-hydrogen) atoms. The lowest BCUT2D eigenvalue weighted by Crippen LogP contribution is -2.25. The Balaban J connectivity index is 2.29. The highest BCUT2D eigenvalue weighted by Crippen LogP contribution is 2.06. The molecule has 0 aliphatic carbocycles. The van der Waals surface area contributed by atoms with E-state index in [0.717, 1.165) is 24.5 Å². The molecule has 5 heteroatoms. The molecule has 0 spiro atoms. The van der Waals surface area contributed by atoms with Crippen molar-refractivity contribution >= 4 is 17.7 Å². The minimum atomic E-state index is -0.0239. The van der Waals surface area contributed by atoms with E-state index in [1.165, 1.54) is 5.56 Å². The second kappa shape index (κ2) is 9.80. The Kier molecular flexibility index (Phi) is 8.34. The van der Waals surface area contributed by atoms with E-state index in [4.69, 9.17) is 5.11 Å². The first-order valence-electron chi connectivity index (χ1n) is 6.84. The molecule has 0 heterocycles. The van der Waals surface area contributed by atoms with Gasteiger partial charge in [-0.1, -0.05) is 12.1 Å². The van der Waals surface area contributed by atoms with Crippen molar-refractivity contribution in [2.45, 2.75) is 13.0 Å². The molecule has 0 aromatic heterocycles. The van der Waals surface area contributed by atoms with E-state index >= 15 is 0 Å². The Labute approximate surface area is 125 Å². The van der Waals surface area contributed by atoms with Crippen LogP contribution in [0.5, 0.6) is 0 Å². The van der Waals surface area contributed by atoms with Crippen LogP contribution in [-0.2, 0) is 6.54 Å². The van der Waals surface area contributed by atoms with Gasteiger partial charge in [-0.25, -0.2) is 0 Å². The van der Waals surface area contributed by atoms with E-state index in [0.29, 0.717) is 12.1 Å². The first-order valence-corrected chi connectivity index (χ1v) is 7.99. The molecule has 112 valence electrons. The van der Waals surface area contributed by atoms with Crippen LogP contribution in [0, 0.1) is 0 Å². The van der Waals surface area contributed by atoms with Crippen molar-refractivity contribution in [3.8, 4) is 0 Å². The van der Waals surface area contributed by atoms with Crippen molar-refractivity contribution in [2.24, 2.45) is 0 Å². The van der Waals surface area contributed by atoms with E-state index in [-0.39, 0.29) is 12.5 Å². The van der Waals surface area contributed by atoms with Gasteiger partial charge in [0.2, 0.25) is 0 Å². The number of hydrogen-bond donors (Lipinski definition) is 2. The van der Waals surface area contributed by atoms with Crippen LogP contribution in [0.4, 0.5) is 0 Å². The highest BCUT2D eigenvalue weighted by atomic mass is 32.2. The van der Waals surface area contributed by atoms with Crippen LogP contribution >= 0.6 is 11.8 Å². The van der Waals surface area contributed by atoms with Gasteiger partial charge in [0.1, 0.15) is 0 Å². The summed E-state index contributed by atoms with van der Waals surface area (Å²) in [5.41, 5.74) is 1.90. The molecule has 0 aliphatic heterocycles. The molecule has 0 radical (unpaired) electrons. The van der Waals surface area contributed by atoms with Gasteiger partial charge in [-0.15, -0.1) is 0 Å². The fraction of sp³-hybridized carbons (Fsp3) is 0.533. The number of nitrogens with zero attached hydrogens (tertiary/aromatic N) is 1. The summed E-state index contributed by atoms with van der Waals surface area (Å²) in [4.78, 5) is 14.0. The maximum atomic E-state index is 11.9. The highest BCUT2D eigenvalue weighted by Gasteiger charge is 2.04. The zero-order valence-corrected chi connectivity index (χ0v) is 13.1. The Bertz CT molecular complexity index is 393. The number of hydrogen-bond acceptors (Lipinski definition) is 4. The predicted octanol–water partition coefficient (Wildman–Crippen LogP) is 1.59. The maximum Gasteiger partial charge on any atom is 0.251 e. The van der Waals surface area contributed by atoms with E-state index in [2.05, 4.69) is 10.2 Å². The van der Waals surface area contributed by atoms with Crippen molar-refractivity contribution < 1.29 is 9.90 Å². The molecule has 0 aliphatic rings. The number of carbonyl (C=O) groups excluding carboxylic acids is 1. The zero-order valence-electron chi connectivity index (χ0n) is 12.3. The number of carbonyl (C=O) groups is 1. The van der Waals surface area contributed by atoms with Crippen molar-refractivity contribution in [3.05, 3.63) is 35.4 Å². The van der Waals surface area contributed by atoms with Gasteiger partial charge >= 0.3 is 0 Å². The SMILES string of the molecule is CN(C)Cc1ccc(C(=O)NCCSCCCO)cc1. The van der Waals surface area contributed by atoms with Crippen LogP contribution in [0.25, 0.3) is 0 Å². The largest absolute Gasteiger partial charge is 0.396 e. The number of benzene rings is 1. The smallest absolute Gasteiger partial charge is 0.251 e. The third kappa shape index (κ3) is 6.93. The molecule has 0 saturated carbocycles. The van der Waals surface area contributed by atoms with Crippen LogP contribution in [-0.4, -0.2) is 54.7 Å². The molecule has 1 aromatic carbocycles. The summed E-state index contributed by atoms with van der Waals surface area (Å²) < 4.78 is 0. The van der Waals surface area contributed by atoms with E-state index in [9.17, 15) is 4.79 Å². The van der Waals surface area contributed by atoms with Gasteiger partial charge < -0.3 is 15.3 Å². The first-order chi connectivity index (χ1) is 9.63. The monoisotopic (exact) mass is 296 g/mol. The number of amides is 1. The topological polar surface area (TPSA) is 52.6 Å². The van der Waals surface area contributed by atoms with Crippen LogP contribution in [0.2, 0.25) is 0 Å². The Morgan fingerprint density at radius 2 is 1.95 bits per heavy atom. The average Bonchev–Trinajstić information content (AvgIpc) is 2.42. The molecule has 1 aromatic rings. The lowest BCUT2D eigenvalue weighted by atomic mass is 10.1. The molecule has 0 unspecified atom stereocenters. The van der Waals surface area contributed by atoms with Gasteiger partial charge in [-0.05, 0) is 44.0 Å². The summed E-state index contributed by atoms with van der Waals surface area (Å²) in [5.74, 6) is 1.79. The molecule has 2 N–H and O–H groups in total. The number of aliphatic hydroxyl groups excluding tert-OH is 1. The van der Waals surface area contributed by atoms with Crippen molar-refractivity contribution in [2.75, 3.05) is 38.8 Å². The van der Waals surface area contributed by atoms with Crippen LogP contribution in [0.1, 0.15) is 22.3 Å². The van der Waals surface area contributed by atoms with Gasteiger partial charge in [-0.2, -0.15) is 11.8 Å². The molecule has 4 nitrogen and oxygen atoms in total. The lowest BCUT2D eigenvalue weighted by molar-refractivity contribution is 0.0956. The average molecular weight is 296 g/mol. The van der Waals surface area contributed by atoms with E-state index in [1.54, 1.807) is 11.8 Å². The third-order valence-corrected chi connectivity index (χ3v) is 3.76. The lowest BCUT2D eigenvalue weighted by Gasteiger charge is -2.10. The van der Waals surface area contributed by atoms with Crippen molar-refractivity contribution in [1.29, 1.82) is 0 Å². The number of thioether (sulfide) groups is 1. The summed E-state index contributed by atoms with van der Waals surface area (Å²) in [5, 5.41) is 11.6. The van der Waals surface area contributed by atoms with Crippen molar-refractivity contribution in [3.63, 3.8) is 0 Å². The molecule has 0 bridgehead atoms. The van der Waals surface area contributed by atoms with Crippen LogP contribution in [0.3, 0.4) is 0 Å². The number of aliphatic hydroxyl groups is 1. The Morgan fingerprint density at radius 3 is 2.55 bits per heavy atom. The molecule has 1 rings (SSSR count). The second-order valence-corrected chi connectivity index (χ2v) is 6.10. The predicted molar refractivity (Wildman–Crippen MR) is 85.2 cm³/mol. The summed E-state index contributed by atoms with van der Waals surface area (Å²) in [6, 6.07) is 7.72. The highest BCUT2D eigenvalue weighted by molar-refractivity contribution is 7.99. The zero-order chi connectivity index (χ0) is 14.8. The van der Waals surface area contributed by atoms with Gasteiger partial charge in [0.15, 0.2) is 0 Å². The van der Waals surface area contributed by atoms with E-state index in [1.807, 2.05) is 38.4 Å². The molecule has 0 saturated heterocycles. The standard InChI is InChI=1S/C15H24N2O2S/c1-17(2)12-13-4-6-14(7-5-13)15(19)16-8-11-20-10-3-9-18/h4-7,18H,3,8-12H2,1-2H3,(H,16,19). The minimum Gasteiger partial charge on any atom is -0.396 e. The van der Waals surface area contributed by atoms with Gasteiger partial charge in [0, 0.05) is 31.0 Å². The molecule has 1 amide bonds. The normalized spacial score (nSPS) is 10.8. The van der Waals surface area contributed by atoms with Crippen LogP contribution < -0.4 is 5.32 Å². The Morgan fingerprint density at radius 1 is 1.25 bits per heavy atom. The number of rotatable bonds is 9. The van der Waals surface area contributed by atoms with Crippen molar-refractivity contribution in [1.82, 2.24) is 10.2 Å². The Hall–Kier alpha value is -1.04. The van der Waals surface area contributed by atoms with Gasteiger partial charge in [0.05, 0.1) is 0 Å². The fourth-order valence-corrected chi connectivity index (χ4v) is 2.52. The van der Waals surface area contributed by atoms with Gasteiger partial charge in [0.25, 0.3) is 5.91 Å². The summed E-state index contributed by atoms with van der Waals surface area (Å²) in [6.07, 6.45) is 0.811. The maximum absolute atomic E-state index is 11.9. The summed E-state index contributed by atoms with van der Waals surface area (Å²) in [6.45, 7) is 1.77. The van der Waals surface area contributed by atoms with E-state index < -0.39 is 0 Å². The molecular formula is C15H24N2O2S. The quantitative estimate of drug-likeness (QED) is 0.680. The summed E-state index contributed by atoms with van der Waals surface area (Å²) >= 11 is 1.74. The summed E-state index contributed by atoms with van der Waals surface area (Å²) in [7, 11) is 4.05. The first kappa shape index (κ1) is 17.0.